The molecule has 5 aliphatic carbocycles. The van der Waals surface area contributed by atoms with Crippen LogP contribution in [0.5, 0.6) is 0 Å². The van der Waals surface area contributed by atoms with Crippen molar-refractivity contribution in [3.63, 3.8) is 0 Å². The molecule has 0 spiro atoms. The molecule has 6 aliphatic rings. The maximum atomic E-state index is 14.3. The first-order valence-corrected chi connectivity index (χ1v) is 20.3. The van der Waals surface area contributed by atoms with Gasteiger partial charge in [0, 0.05) is 50.0 Å². The summed E-state index contributed by atoms with van der Waals surface area (Å²) in [6, 6.07) is -1.22. The van der Waals surface area contributed by atoms with Crippen LogP contribution in [0.25, 0.3) is 0 Å². The second-order valence-electron chi connectivity index (χ2n) is 18.4. The molecule has 304 valence electrons. The molecule has 6 rings (SSSR count). The van der Waals surface area contributed by atoms with Crippen LogP contribution in [0.2, 0.25) is 0 Å². The standard InChI is InChI=1S/C40H71N5O8/c1-22-30-17-27(40(30,3)4)18-31(22)41-38(49)35-34(23(2)47)33(21-46)53-45(35)19-24-12-11-13-29(36(24)51-9)25-14-26(16-28(15-25)44(7)8)37(48)42-32(20-43(5)6)39(50)52-10/h22-36,46-47H,11-21H2,1-10H3,(H,41,49)(H,42,48)/t22-,23-,24?,25?,26?,27+,28?,29?,30-,31-,32?,33-,34+,35-,36?/m0/s1. The SMILES string of the molecule is COC(=O)C(CN(C)C)NC(=O)C1CC(C2CCCC(CN3O[C@@H](CO)[C@@H]([C@H](C)O)[C@H]3C(=O)N[C@H]3C[C@H]4C[C@@H]([C@@H]3C)C4(C)C)C2OC)CC(N(C)C)C1. The number of rotatable bonds is 14. The summed E-state index contributed by atoms with van der Waals surface area (Å²) >= 11 is 0. The van der Waals surface area contributed by atoms with Crippen molar-refractivity contribution in [2.45, 2.75) is 122 Å². The zero-order chi connectivity index (χ0) is 38.9. The average molecular weight is 750 g/mol. The van der Waals surface area contributed by atoms with E-state index >= 15 is 0 Å². The number of nitrogens with zero attached hydrogens (tertiary/aromatic N) is 3. The smallest absolute Gasteiger partial charge is 0.329 e. The molecule has 0 aromatic rings. The first kappa shape index (κ1) is 42.3. The molecule has 13 nitrogen and oxygen atoms in total. The van der Waals surface area contributed by atoms with Gasteiger partial charge < -0.3 is 40.1 Å². The van der Waals surface area contributed by atoms with Crippen LogP contribution in [-0.2, 0) is 28.7 Å². The number of carbonyl (C=O) groups excluding carboxylic acids is 3. The van der Waals surface area contributed by atoms with Crippen LogP contribution in [0.1, 0.15) is 79.1 Å². The Labute approximate surface area is 318 Å². The third-order valence-electron chi connectivity index (χ3n) is 14.5. The summed E-state index contributed by atoms with van der Waals surface area (Å²) in [5.74, 6) is 0.405. The van der Waals surface area contributed by atoms with Crippen molar-refractivity contribution in [1.82, 2.24) is 25.5 Å². The molecule has 2 bridgehead atoms. The molecular formula is C40H71N5O8. The van der Waals surface area contributed by atoms with E-state index in [9.17, 15) is 24.6 Å². The van der Waals surface area contributed by atoms with E-state index in [4.69, 9.17) is 14.3 Å². The molecule has 4 N–H and O–H groups in total. The number of amides is 2. The maximum Gasteiger partial charge on any atom is 0.329 e. The van der Waals surface area contributed by atoms with Crippen molar-refractivity contribution in [2.75, 3.05) is 62.1 Å². The average Bonchev–Trinajstić information content (AvgIpc) is 3.49. The van der Waals surface area contributed by atoms with Gasteiger partial charge in [-0.2, -0.15) is 5.06 Å². The Hall–Kier alpha value is -1.87. The van der Waals surface area contributed by atoms with Gasteiger partial charge in [0.15, 0.2) is 0 Å². The third-order valence-corrected chi connectivity index (χ3v) is 14.5. The number of likely N-dealkylation sites (N-methyl/N-ethyl adjacent to an activating group) is 1. The van der Waals surface area contributed by atoms with Gasteiger partial charge in [0.05, 0.1) is 25.9 Å². The van der Waals surface area contributed by atoms with Gasteiger partial charge >= 0.3 is 5.97 Å². The summed E-state index contributed by atoms with van der Waals surface area (Å²) in [7, 11) is 11.0. The highest BCUT2D eigenvalue weighted by molar-refractivity contribution is 5.86. The van der Waals surface area contributed by atoms with Crippen LogP contribution < -0.4 is 10.6 Å². The number of aliphatic hydroxyl groups is 2. The predicted octanol–water partition coefficient (Wildman–Crippen LogP) is 2.14. The fourth-order valence-electron chi connectivity index (χ4n) is 11.4. The molecule has 7 unspecified atom stereocenters. The van der Waals surface area contributed by atoms with Crippen LogP contribution in [0.15, 0.2) is 0 Å². The number of methoxy groups -OCH3 is 2. The molecule has 1 saturated heterocycles. The zero-order valence-corrected chi connectivity index (χ0v) is 34.1. The van der Waals surface area contributed by atoms with Crippen molar-refractivity contribution in [2.24, 2.45) is 52.8 Å². The second kappa shape index (κ2) is 17.5. The number of nitrogens with one attached hydrogen (secondary N) is 2. The highest BCUT2D eigenvalue weighted by Crippen LogP contribution is 2.61. The molecule has 53 heavy (non-hydrogen) atoms. The number of hydroxylamine groups is 2. The maximum absolute atomic E-state index is 14.3. The lowest BCUT2D eigenvalue weighted by Gasteiger charge is -2.62. The Kier molecular flexibility index (Phi) is 14.0. The fraction of sp³-hybridized carbons (Fsp3) is 0.925. The Morgan fingerprint density at radius 3 is 2.30 bits per heavy atom. The van der Waals surface area contributed by atoms with E-state index in [0.29, 0.717) is 49.1 Å². The lowest BCUT2D eigenvalue weighted by Crippen LogP contribution is -2.62. The molecule has 1 aliphatic heterocycles. The minimum Gasteiger partial charge on any atom is -0.467 e. The fourth-order valence-corrected chi connectivity index (χ4v) is 11.4. The summed E-state index contributed by atoms with van der Waals surface area (Å²) in [6.45, 7) is 9.13. The van der Waals surface area contributed by atoms with Crippen molar-refractivity contribution in [3.05, 3.63) is 0 Å². The third kappa shape index (κ3) is 8.92. The van der Waals surface area contributed by atoms with Gasteiger partial charge in [-0.1, -0.05) is 27.2 Å². The summed E-state index contributed by atoms with van der Waals surface area (Å²) < 4.78 is 11.4. The Balaban J connectivity index is 1.32. The van der Waals surface area contributed by atoms with E-state index in [1.165, 1.54) is 13.5 Å². The minimum atomic E-state index is -0.855. The Morgan fingerprint density at radius 1 is 1.02 bits per heavy atom. The van der Waals surface area contributed by atoms with E-state index in [0.717, 1.165) is 32.1 Å². The largest absolute Gasteiger partial charge is 0.467 e. The zero-order valence-electron chi connectivity index (χ0n) is 34.1. The van der Waals surface area contributed by atoms with E-state index in [1.807, 2.05) is 19.0 Å². The van der Waals surface area contributed by atoms with Gasteiger partial charge in [0.1, 0.15) is 18.2 Å². The van der Waals surface area contributed by atoms with Crippen molar-refractivity contribution in [3.8, 4) is 0 Å². The van der Waals surface area contributed by atoms with Crippen molar-refractivity contribution in [1.29, 1.82) is 0 Å². The molecule has 0 aromatic carbocycles. The van der Waals surface area contributed by atoms with Gasteiger partial charge in [-0.05, 0) is 115 Å². The molecule has 2 amide bonds. The molecule has 0 radical (unpaired) electrons. The van der Waals surface area contributed by atoms with Gasteiger partial charge in [-0.25, -0.2) is 4.79 Å². The van der Waals surface area contributed by atoms with Crippen LogP contribution >= 0.6 is 0 Å². The normalized spacial score (nSPS) is 39.6. The van der Waals surface area contributed by atoms with Crippen LogP contribution in [0, 0.1) is 52.8 Å². The van der Waals surface area contributed by atoms with Crippen LogP contribution in [0.3, 0.4) is 0 Å². The molecule has 5 saturated carbocycles. The number of esters is 1. The number of hydrogen-bond acceptors (Lipinski definition) is 11. The molecule has 0 aromatic heterocycles. The van der Waals surface area contributed by atoms with Gasteiger partial charge in [-0.3, -0.25) is 14.4 Å². The summed E-state index contributed by atoms with van der Waals surface area (Å²) in [5.41, 5.74) is 0.298. The lowest BCUT2D eigenvalue weighted by molar-refractivity contribution is -0.193. The highest BCUT2D eigenvalue weighted by Gasteiger charge is 2.58. The first-order chi connectivity index (χ1) is 25.0. The number of carbonyl (C=O) groups is 3. The number of hydrogen-bond donors (Lipinski definition) is 4. The van der Waals surface area contributed by atoms with Crippen LogP contribution in [-0.4, -0.2) is 147 Å². The molecule has 15 atom stereocenters. The number of ether oxygens (including phenoxy) is 2. The van der Waals surface area contributed by atoms with E-state index in [1.54, 1.807) is 19.1 Å². The van der Waals surface area contributed by atoms with Gasteiger partial charge in [0.2, 0.25) is 11.8 Å². The van der Waals surface area contributed by atoms with Gasteiger partial charge in [0.25, 0.3) is 0 Å². The number of aliphatic hydroxyl groups excluding tert-OH is 2. The highest BCUT2D eigenvalue weighted by atomic mass is 16.7. The first-order valence-electron chi connectivity index (χ1n) is 20.3. The molecular weight excluding hydrogens is 678 g/mol. The van der Waals surface area contributed by atoms with Crippen molar-refractivity contribution >= 4 is 17.8 Å². The monoisotopic (exact) mass is 750 g/mol. The molecule has 13 heteroatoms. The quantitative estimate of drug-likeness (QED) is 0.193. The second-order valence-corrected chi connectivity index (χ2v) is 18.4. The lowest BCUT2D eigenvalue weighted by atomic mass is 9.45. The summed E-state index contributed by atoms with van der Waals surface area (Å²) in [6.07, 6.45) is 5.68. The topological polar surface area (TPSA) is 153 Å². The molecule has 1 heterocycles. The van der Waals surface area contributed by atoms with Crippen LogP contribution in [0.4, 0.5) is 0 Å². The van der Waals surface area contributed by atoms with Gasteiger partial charge in [-0.15, -0.1) is 0 Å². The summed E-state index contributed by atoms with van der Waals surface area (Å²) in [5, 5.41) is 29.5. The van der Waals surface area contributed by atoms with E-state index in [-0.39, 0.29) is 60.3 Å². The van der Waals surface area contributed by atoms with E-state index < -0.39 is 36.2 Å². The Bertz CT molecular complexity index is 1270. The number of fused-ring (bicyclic) bond motifs is 2. The van der Waals surface area contributed by atoms with E-state index in [2.05, 4.69) is 50.4 Å². The summed E-state index contributed by atoms with van der Waals surface area (Å²) in [4.78, 5) is 51.1. The predicted molar refractivity (Wildman–Crippen MR) is 201 cm³/mol. The minimum absolute atomic E-state index is 0.0407. The molecule has 6 fully saturated rings. The van der Waals surface area contributed by atoms with Crippen molar-refractivity contribution < 1.29 is 38.9 Å². The Morgan fingerprint density at radius 2 is 1.74 bits per heavy atom.